The molecule has 0 saturated carbocycles. The molecule has 0 atom stereocenters. The van der Waals surface area contributed by atoms with Gasteiger partial charge in [0, 0.05) is 23.4 Å². The molecule has 1 N–H and O–H groups in total. The van der Waals surface area contributed by atoms with E-state index in [0.717, 1.165) is 23.4 Å². The number of anilines is 2. The van der Waals surface area contributed by atoms with Crippen molar-refractivity contribution in [2.24, 2.45) is 0 Å². The summed E-state index contributed by atoms with van der Waals surface area (Å²) in [6, 6.07) is 22.0. The first-order valence-electron chi connectivity index (χ1n) is 9.64. The maximum atomic E-state index is 13.1. The highest BCUT2D eigenvalue weighted by Crippen LogP contribution is 2.31. The molecule has 0 radical (unpaired) electrons. The molecule has 0 bridgehead atoms. The minimum atomic E-state index is -0.166. The first kappa shape index (κ1) is 18.7. The summed E-state index contributed by atoms with van der Waals surface area (Å²) in [5, 5.41) is 2.89. The quantitative estimate of drug-likeness (QED) is 0.711. The van der Waals surface area contributed by atoms with Crippen LogP contribution in [0.4, 0.5) is 11.4 Å². The highest BCUT2D eigenvalue weighted by molar-refractivity contribution is 6.08. The number of fused-ring (bicyclic) bond motifs is 1. The van der Waals surface area contributed by atoms with Crippen LogP contribution < -0.4 is 15.0 Å². The summed E-state index contributed by atoms with van der Waals surface area (Å²) < 4.78 is 5.74. The van der Waals surface area contributed by atoms with Gasteiger partial charge in [-0.15, -0.1) is 0 Å². The van der Waals surface area contributed by atoms with Crippen molar-refractivity contribution in [3.63, 3.8) is 0 Å². The van der Waals surface area contributed by atoms with Crippen molar-refractivity contribution in [1.29, 1.82) is 0 Å². The summed E-state index contributed by atoms with van der Waals surface area (Å²) in [4.78, 5) is 27.3. The number of nitrogens with one attached hydrogen (secondary N) is 1. The number of benzene rings is 3. The summed E-state index contributed by atoms with van der Waals surface area (Å²) in [7, 11) is 0. The van der Waals surface area contributed by atoms with Gasteiger partial charge in [0.15, 0.2) is 0 Å². The van der Waals surface area contributed by atoms with E-state index in [1.165, 1.54) is 0 Å². The lowest BCUT2D eigenvalue weighted by molar-refractivity contribution is 0.0986. The maximum absolute atomic E-state index is 13.1. The Bertz CT molecular complexity index is 1040. The third-order valence-electron chi connectivity index (χ3n) is 4.96. The van der Waals surface area contributed by atoms with Gasteiger partial charge in [0.05, 0.1) is 12.3 Å². The van der Waals surface area contributed by atoms with E-state index in [4.69, 9.17) is 4.74 Å². The van der Waals surface area contributed by atoms with Crippen LogP contribution >= 0.6 is 0 Å². The first-order valence-corrected chi connectivity index (χ1v) is 9.64. The van der Waals surface area contributed by atoms with Gasteiger partial charge in [-0.3, -0.25) is 9.59 Å². The molecule has 1 heterocycles. The number of amides is 2. The molecule has 0 saturated heterocycles. The zero-order valence-electron chi connectivity index (χ0n) is 16.2. The Morgan fingerprint density at radius 1 is 0.931 bits per heavy atom. The number of rotatable bonds is 3. The average Bonchev–Trinajstić information content (AvgIpc) is 2.96. The van der Waals surface area contributed by atoms with Crippen LogP contribution in [0.1, 0.15) is 32.7 Å². The molecule has 0 unspecified atom stereocenters. The number of nitrogens with zero attached hydrogens (tertiary/aromatic N) is 1. The molecule has 4 rings (SSSR count). The Labute approximate surface area is 169 Å². The molecule has 1 aliphatic rings. The summed E-state index contributed by atoms with van der Waals surface area (Å²) in [6.45, 7) is 3.09. The van der Waals surface area contributed by atoms with Gasteiger partial charge in [-0.1, -0.05) is 30.3 Å². The second-order valence-electron chi connectivity index (χ2n) is 6.97. The standard InChI is InChI=1S/C24H22N2O3/c1-17-7-2-3-8-20(17)23(27)25-19-13-11-18(12-14-19)24(28)26-15-6-16-29-22-10-5-4-9-21(22)26/h2-5,7-14H,6,15-16H2,1H3,(H,25,27). The van der Waals surface area contributed by atoms with Gasteiger partial charge in [0.2, 0.25) is 0 Å². The van der Waals surface area contributed by atoms with Crippen LogP contribution in [-0.4, -0.2) is 25.0 Å². The van der Waals surface area contributed by atoms with Crippen molar-refractivity contribution in [2.45, 2.75) is 13.3 Å². The normalized spacial score (nSPS) is 13.1. The summed E-state index contributed by atoms with van der Waals surface area (Å²) in [5.74, 6) is 0.473. The zero-order chi connectivity index (χ0) is 20.2. The van der Waals surface area contributed by atoms with Gasteiger partial charge in [-0.25, -0.2) is 0 Å². The molecule has 0 fully saturated rings. The second-order valence-corrected chi connectivity index (χ2v) is 6.97. The topological polar surface area (TPSA) is 58.6 Å². The molecule has 29 heavy (non-hydrogen) atoms. The van der Waals surface area contributed by atoms with E-state index in [0.29, 0.717) is 30.0 Å². The highest BCUT2D eigenvalue weighted by atomic mass is 16.5. The minimum absolute atomic E-state index is 0.0836. The van der Waals surface area contributed by atoms with E-state index < -0.39 is 0 Å². The molecule has 1 aliphatic heterocycles. The number of carbonyl (C=O) groups is 2. The lowest BCUT2D eigenvalue weighted by Crippen LogP contribution is -2.31. The summed E-state index contributed by atoms with van der Waals surface area (Å²) in [5.41, 5.74) is 3.55. The Hall–Kier alpha value is -3.60. The predicted molar refractivity (Wildman–Crippen MR) is 114 cm³/mol. The molecule has 5 nitrogen and oxygen atoms in total. The average molecular weight is 386 g/mol. The van der Waals surface area contributed by atoms with Crippen molar-refractivity contribution in [2.75, 3.05) is 23.4 Å². The molecule has 0 aromatic heterocycles. The van der Waals surface area contributed by atoms with E-state index in [1.807, 2.05) is 49.4 Å². The van der Waals surface area contributed by atoms with Crippen LogP contribution in [0.2, 0.25) is 0 Å². The zero-order valence-corrected chi connectivity index (χ0v) is 16.2. The van der Waals surface area contributed by atoms with Crippen LogP contribution in [0, 0.1) is 6.92 Å². The fourth-order valence-corrected chi connectivity index (χ4v) is 3.42. The number of carbonyl (C=O) groups excluding carboxylic acids is 2. The predicted octanol–water partition coefficient (Wildman–Crippen LogP) is 4.68. The molecular weight excluding hydrogens is 364 g/mol. The van der Waals surface area contributed by atoms with Crippen molar-refractivity contribution in [3.05, 3.63) is 89.5 Å². The monoisotopic (exact) mass is 386 g/mol. The number of hydrogen-bond donors (Lipinski definition) is 1. The molecule has 0 spiro atoms. The third kappa shape index (κ3) is 3.99. The smallest absolute Gasteiger partial charge is 0.258 e. The van der Waals surface area contributed by atoms with Crippen LogP contribution in [0.15, 0.2) is 72.8 Å². The van der Waals surface area contributed by atoms with Crippen LogP contribution in [0.25, 0.3) is 0 Å². The van der Waals surface area contributed by atoms with Gasteiger partial charge in [0.1, 0.15) is 5.75 Å². The number of para-hydroxylation sites is 2. The second kappa shape index (κ2) is 8.19. The summed E-state index contributed by atoms with van der Waals surface area (Å²) in [6.07, 6.45) is 0.769. The molecule has 3 aromatic rings. The van der Waals surface area contributed by atoms with Gasteiger partial charge < -0.3 is 15.0 Å². The van der Waals surface area contributed by atoms with E-state index in [1.54, 1.807) is 35.2 Å². The van der Waals surface area contributed by atoms with Crippen molar-refractivity contribution < 1.29 is 14.3 Å². The van der Waals surface area contributed by atoms with Crippen LogP contribution in [0.5, 0.6) is 5.75 Å². The maximum Gasteiger partial charge on any atom is 0.258 e. The Morgan fingerprint density at radius 3 is 2.45 bits per heavy atom. The SMILES string of the molecule is Cc1ccccc1C(=O)Nc1ccc(C(=O)N2CCCOc3ccccc32)cc1. The highest BCUT2D eigenvalue weighted by Gasteiger charge is 2.23. The molecular formula is C24H22N2O3. The van der Waals surface area contributed by atoms with E-state index in [-0.39, 0.29) is 11.8 Å². The summed E-state index contributed by atoms with van der Waals surface area (Å²) >= 11 is 0. The van der Waals surface area contributed by atoms with Gasteiger partial charge in [0.25, 0.3) is 11.8 Å². The number of ether oxygens (including phenoxy) is 1. The molecule has 3 aromatic carbocycles. The largest absolute Gasteiger partial charge is 0.491 e. The third-order valence-corrected chi connectivity index (χ3v) is 4.96. The lowest BCUT2D eigenvalue weighted by Gasteiger charge is -2.22. The van der Waals surface area contributed by atoms with E-state index >= 15 is 0 Å². The van der Waals surface area contributed by atoms with E-state index in [9.17, 15) is 9.59 Å². The van der Waals surface area contributed by atoms with E-state index in [2.05, 4.69) is 5.32 Å². The van der Waals surface area contributed by atoms with Crippen molar-refractivity contribution in [1.82, 2.24) is 0 Å². The Kier molecular flexibility index (Phi) is 5.29. The van der Waals surface area contributed by atoms with Crippen LogP contribution in [0.3, 0.4) is 0 Å². The fourth-order valence-electron chi connectivity index (χ4n) is 3.42. The molecule has 0 aliphatic carbocycles. The minimum Gasteiger partial charge on any atom is -0.491 e. The van der Waals surface area contributed by atoms with Gasteiger partial charge in [-0.2, -0.15) is 0 Å². The first-order chi connectivity index (χ1) is 14.1. The Balaban J connectivity index is 1.51. The molecule has 146 valence electrons. The number of aryl methyl sites for hydroxylation is 1. The van der Waals surface area contributed by atoms with Crippen molar-refractivity contribution >= 4 is 23.2 Å². The number of hydrogen-bond acceptors (Lipinski definition) is 3. The fraction of sp³-hybridized carbons (Fsp3) is 0.167. The lowest BCUT2D eigenvalue weighted by atomic mass is 10.1. The van der Waals surface area contributed by atoms with Gasteiger partial charge >= 0.3 is 0 Å². The van der Waals surface area contributed by atoms with Gasteiger partial charge in [-0.05, 0) is 61.4 Å². The van der Waals surface area contributed by atoms with Crippen molar-refractivity contribution in [3.8, 4) is 5.75 Å². The molecule has 2 amide bonds. The molecule has 5 heteroatoms. The Morgan fingerprint density at radius 2 is 1.66 bits per heavy atom. The van der Waals surface area contributed by atoms with Crippen LogP contribution in [-0.2, 0) is 0 Å².